The van der Waals surface area contributed by atoms with Crippen LogP contribution in [0.1, 0.15) is 11.3 Å². The lowest BCUT2D eigenvalue weighted by molar-refractivity contribution is -0.137. The smallest absolute Gasteiger partial charge is 0.256 e. The van der Waals surface area contributed by atoms with E-state index in [1.165, 1.54) is 11.3 Å². The molecule has 2 aromatic carbocycles. The van der Waals surface area contributed by atoms with Crippen molar-refractivity contribution in [3.8, 4) is 11.5 Å². The second-order valence-corrected chi connectivity index (χ2v) is 7.54. The molecule has 4 rings (SSSR count). The van der Waals surface area contributed by atoms with Crippen LogP contribution >= 0.6 is 11.3 Å². The molecule has 2 amide bonds. The summed E-state index contributed by atoms with van der Waals surface area (Å²) in [5.74, 6) is 0.851. The third-order valence-corrected chi connectivity index (χ3v) is 6.05. The molecule has 0 spiro atoms. The summed E-state index contributed by atoms with van der Waals surface area (Å²) >= 11 is 1.45. The Balaban J connectivity index is 1.75. The van der Waals surface area contributed by atoms with Crippen LogP contribution < -0.4 is 19.7 Å². The number of methoxy groups -OCH3 is 2. The summed E-state index contributed by atoms with van der Waals surface area (Å²) in [6.07, 6.45) is 0.0977. The van der Waals surface area contributed by atoms with Crippen LogP contribution in [0.25, 0.3) is 0 Å². The largest absolute Gasteiger partial charge is 0.497 e. The minimum Gasteiger partial charge on any atom is -0.497 e. The molecule has 0 aliphatic carbocycles. The van der Waals surface area contributed by atoms with Crippen LogP contribution in [0.2, 0.25) is 0 Å². The first-order valence-electron chi connectivity index (χ1n) is 9.05. The number of benzene rings is 2. The van der Waals surface area contributed by atoms with Gasteiger partial charge >= 0.3 is 0 Å². The fourth-order valence-corrected chi connectivity index (χ4v) is 4.48. The second kappa shape index (κ2) is 7.60. The van der Waals surface area contributed by atoms with E-state index in [9.17, 15) is 9.59 Å². The maximum absolute atomic E-state index is 13.6. The number of ether oxygens (including phenoxy) is 2. The molecule has 0 saturated carbocycles. The fourth-order valence-electron chi connectivity index (χ4n) is 3.57. The maximum Gasteiger partial charge on any atom is 0.256 e. The first-order valence-corrected chi connectivity index (χ1v) is 9.93. The van der Waals surface area contributed by atoms with Crippen LogP contribution in [0, 0.1) is 0 Å². The molecule has 1 N–H and O–H groups in total. The van der Waals surface area contributed by atoms with Gasteiger partial charge in [0.15, 0.2) is 5.54 Å². The van der Waals surface area contributed by atoms with Crippen LogP contribution in [0.5, 0.6) is 11.5 Å². The number of hydrogen-bond acceptors (Lipinski definition) is 5. The third-order valence-electron chi connectivity index (χ3n) is 5.03. The van der Waals surface area contributed by atoms with E-state index in [0.29, 0.717) is 22.9 Å². The normalized spacial score (nSPS) is 18.1. The Kier molecular flexibility index (Phi) is 4.98. The average molecular weight is 408 g/mol. The number of carbonyl (C=O) groups is 2. The summed E-state index contributed by atoms with van der Waals surface area (Å²) in [7, 11) is 3.14. The Labute approximate surface area is 172 Å². The van der Waals surface area contributed by atoms with E-state index in [1.54, 1.807) is 55.5 Å². The number of β-lactam (4-membered cyclic amide) rings is 1. The standard InChI is InChI=1S/C22H20N2O4S/c1-27-16-11-9-15(10-12-16)24-20(25)14-22(24,19-8-5-13-29-19)21(26)23-17-6-3-4-7-18(17)28-2/h3-13H,14H2,1-2H3,(H,23,26)/t22-/m0/s1. The maximum atomic E-state index is 13.6. The van der Waals surface area contributed by atoms with Crippen molar-refractivity contribution in [3.05, 3.63) is 70.9 Å². The summed E-state index contributed by atoms with van der Waals surface area (Å²) in [5.41, 5.74) is 0.0938. The van der Waals surface area contributed by atoms with Gasteiger partial charge in [0.05, 0.1) is 26.3 Å². The molecule has 1 fully saturated rings. The van der Waals surface area contributed by atoms with Gasteiger partial charge in [0.1, 0.15) is 11.5 Å². The number of thiophene rings is 1. The molecule has 2 heterocycles. The SMILES string of the molecule is COc1ccc(N2C(=O)C[C@@]2(C(=O)Nc2ccccc2OC)c2cccs2)cc1. The fraction of sp³-hybridized carbons (Fsp3) is 0.182. The predicted molar refractivity (Wildman–Crippen MR) is 113 cm³/mol. The minimum atomic E-state index is -1.11. The topological polar surface area (TPSA) is 67.9 Å². The van der Waals surface area contributed by atoms with E-state index in [2.05, 4.69) is 5.32 Å². The zero-order valence-corrected chi connectivity index (χ0v) is 16.9. The molecule has 0 radical (unpaired) electrons. The Morgan fingerprint density at radius 1 is 1.03 bits per heavy atom. The molecule has 0 unspecified atom stereocenters. The predicted octanol–water partition coefficient (Wildman–Crippen LogP) is 4.04. The lowest BCUT2D eigenvalue weighted by Gasteiger charge is -2.49. The minimum absolute atomic E-state index is 0.0977. The van der Waals surface area contributed by atoms with E-state index in [4.69, 9.17) is 9.47 Å². The van der Waals surface area contributed by atoms with Gasteiger partial charge in [-0.25, -0.2) is 0 Å². The lowest BCUT2D eigenvalue weighted by Crippen LogP contribution is -2.67. The van der Waals surface area contributed by atoms with Gasteiger partial charge in [-0.3, -0.25) is 14.5 Å². The van der Waals surface area contributed by atoms with Gasteiger partial charge in [-0.15, -0.1) is 11.3 Å². The van der Waals surface area contributed by atoms with Gasteiger partial charge in [0.2, 0.25) is 5.91 Å². The number of nitrogens with zero attached hydrogens (tertiary/aromatic N) is 1. The molecule has 1 atom stereocenters. The highest BCUT2D eigenvalue weighted by molar-refractivity contribution is 7.10. The van der Waals surface area contributed by atoms with Crippen molar-refractivity contribution in [2.75, 3.05) is 24.4 Å². The molecule has 1 saturated heterocycles. The molecule has 29 heavy (non-hydrogen) atoms. The van der Waals surface area contributed by atoms with E-state index >= 15 is 0 Å². The van der Waals surface area contributed by atoms with Crippen molar-refractivity contribution < 1.29 is 19.1 Å². The van der Waals surface area contributed by atoms with Crippen molar-refractivity contribution in [2.24, 2.45) is 0 Å². The first kappa shape index (κ1) is 19.0. The highest BCUT2D eigenvalue weighted by atomic mass is 32.1. The van der Waals surface area contributed by atoms with Gasteiger partial charge in [0.25, 0.3) is 5.91 Å². The van der Waals surface area contributed by atoms with Gasteiger partial charge in [-0.2, -0.15) is 0 Å². The van der Waals surface area contributed by atoms with Gasteiger partial charge in [-0.05, 0) is 47.8 Å². The third kappa shape index (κ3) is 3.13. The van der Waals surface area contributed by atoms with Crippen LogP contribution in [0.4, 0.5) is 11.4 Å². The molecule has 7 heteroatoms. The van der Waals surface area contributed by atoms with Crippen molar-refractivity contribution >= 4 is 34.5 Å². The van der Waals surface area contributed by atoms with E-state index in [-0.39, 0.29) is 18.2 Å². The van der Waals surface area contributed by atoms with Crippen molar-refractivity contribution in [2.45, 2.75) is 12.0 Å². The molecule has 0 bridgehead atoms. The Hall–Kier alpha value is -3.32. The zero-order chi connectivity index (χ0) is 20.4. The quantitative estimate of drug-likeness (QED) is 0.625. The van der Waals surface area contributed by atoms with Crippen molar-refractivity contribution in [3.63, 3.8) is 0 Å². The summed E-state index contributed by atoms with van der Waals surface area (Å²) in [6, 6.07) is 18.1. The van der Waals surface area contributed by atoms with Crippen LogP contribution in [-0.2, 0) is 15.1 Å². The first-order chi connectivity index (χ1) is 14.1. The number of hydrogen-bond donors (Lipinski definition) is 1. The van der Waals surface area contributed by atoms with Crippen molar-refractivity contribution in [1.82, 2.24) is 0 Å². The van der Waals surface area contributed by atoms with Crippen LogP contribution in [0.15, 0.2) is 66.0 Å². The highest BCUT2D eigenvalue weighted by Gasteiger charge is 2.59. The van der Waals surface area contributed by atoms with Crippen molar-refractivity contribution in [1.29, 1.82) is 0 Å². The molecule has 1 aromatic heterocycles. The Bertz CT molecular complexity index is 1030. The van der Waals surface area contributed by atoms with E-state index < -0.39 is 5.54 Å². The van der Waals surface area contributed by atoms with E-state index in [1.807, 2.05) is 29.6 Å². The number of rotatable bonds is 6. The molecule has 1 aliphatic rings. The molecular formula is C22H20N2O4S. The summed E-state index contributed by atoms with van der Waals surface area (Å²) < 4.78 is 10.6. The molecular weight excluding hydrogens is 388 g/mol. The number of nitrogens with one attached hydrogen (secondary N) is 1. The van der Waals surface area contributed by atoms with Crippen LogP contribution in [0.3, 0.4) is 0 Å². The Morgan fingerprint density at radius 2 is 1.79 bits per heavy atom. The van der Waals surface area contributed by atoms with Gasteiger partial charge in [-0.1, -0.05) is 18.2 Å². The van der Waals surface area contributed by atoms with E-state index in [0.717, 1.165) is 4.88 Å². The monoisotopic (exact) mass is 408 g/mol. The average Bonchev–Trinajstić information content (AvgIpc) is 3.27. The van der Waals surface area contributed by atoms with Gasteiger partial charge in [0, 0.05) is 10.6 Å². The van der Waals surface area contributed by atoms with Crippen LogP contribution in [-0.4, -0.2) is 26.0 Å². The van der Waals surface area contributed by atoms with Gasteiger partial charge < -0.3 is 14.8 Å². The molecule has 1 aliphatic heterocycles. The number of carbonyl (C=O) groups excluding carboxylic acids is 2. The number of anilines is 2. The number of amides is 2. The summed E-state index contributed by atoms with van der Waals surface area (Å²) in [6.45, 7) is 0. The summed E-state index contributed by atoms with van der Waals surface area (Å²) in [5, 5.41) is 4.86. The lowest BCUT2D eigenvalue weighted by atomic mass is 9.80. The zero-order valence-electron chi connectivity index (χ0n) is 16.0. The molecule has 6 nitrogen and oxygen atoms in total. The Morgan fingerprint density at radius 3 is 2.41 bits per heavy atom. The molecule has 3 aromatic rings. The summed E-state index contributed by atoms with van der Waals surface area (Å²) in [4.78, 5) is 28.6. The molecule has 148 valence electrons. The second-order valence-electron chi connectivity index (χ2n) is 6.60. The number of para-hydroxylation sites is 2. The highest BCUT2D eigenvalue weighted by Crippen LogP contribution is 2.47.